The molecule has 26 heavy (non-hydrogen) atoms. The average Bonchev–Trinajstić information content (AvgIpc) is 3.16. The number of hydrogen-bond donors (Lipinski definition) is 1. The third-order valence-electron chi connectivity index (χ3n) is 3.67. The van der Waals surface area contributed by atoms with E-state index in [2.05, 4.69) is 20.8 Å². The smallest absolute Gasteiger partial charge is 0.230 e. The molecule has 1 amide bonds. The van der Waals surface area contributed by atoms with Gasteiger partial charge in [-0.25, -0.2) is 0 Å². The van der Waals surface area contributed by atoms with Gasteiger partial charge in [-0.15, -0.1) is 16.9 Å². The van der Waals surface area contributed by atoms with Gasteiger partial charge in [0.2, 0.25) is 5.91 Å². The SMILES string of the molecule is COc1ccccc1CNC(=O)CSCc1nnnn1-c1ccccc1. The molecule has 0 aliphatic heterocycles. The molecule has 3 aromatic rings. The van der Waals surface area contributed by atoms with E-state index in [1.807, 2.05) is 54.6 Å². The maximum Gasteiger partial charge on any atom is 0.230 e. The molecular formula is C18H19N5O2S. The highest BCUT2D eigenvalue weighted by Gasteiger charge is 2.10. The van der Waals surface area contributed by atoms with Crippen molar-refractivity contribution < 1.29 is 9.53 Å². The Kier molecular flexibility index (Phi) is 6.21. The van der Waals surface area contributed by atoms with Crippen molar-refractivity contribution in [2.24, 2.45) is 0 Å². The summed E-state index contributed by atoms with van der Waals surface area (Å²) in [5, 5.41) is 14.7. The average molecular weight is 369 g/mol. The van der Waals surface area contributed by atoms with Gasteiger partial charge in [-0.2, -0.15) is 4.68 Å². The number of nitrogens with zero attached hydrogens (tertiary/aromatic N) is 4. The Morgan fingerprint density at radius 1 is 1.15 bits per heavy atom. The Balaban J connectivity index is 1.48. The maximum absolute atomic E-state index is 12.1. The topological polar surface area (TPSA) is 81.9 Å². The largest absolute Gasteiger partial charge is 0.496 e. The van der Waals surface area contributed by atoms with Gasteiger partial charge in [0.25, 0.3) is 0 Å². The Bertz CT molecular complexity index is 854. The number of hydrogen-bond acceptors (Lipinski definition) is 6. The van der Waals surface area contributed by atoms with E-state index in [0.29, 0.717) is 23.9 Å². The molecule has 0 fully saturated rings. The van der Waals surface area contributed by atoms with E-state index in [1.54, 1.807) is 11.8 Å². The highest BCUT2D eigenvalue weighted by Crippen LogP contribution is 2.17. The van der Waals surface area contributed by atoms with Crippen molar-refractivity contribution in [1.29, 1.82) is 0 Å². The lowest BCUT2D eigenvalue weighted by Gasteiger charge is -2.09. The highest BCUT2D eigenvalue weighted by molar-refractivity contribution is 7.99. The van der Waals surface area contributed by atoms with Crippen LogP contribution in [0.3, 0.4) is 0 Å². The first-order valence-electron chi connectivity index (χ1n) is 8.07. The number of methoxy groups -OCH3 is 1. The number of carbonyl (C=O) groups excluding carboxylic acids is 1. The number of rotatable bonds is 8. The fraction of sp³-hybridized carbons (Fsp3) is 0.222. The second kappa shape index (κ2) is 9.00. The number of nitrogens with one attached hydrogen (secondary N) is 1. The van der Waals surface area contributed by atoms with Crippen molar-refractivity contribution in [1.82, 2.24) is 25.5 Å². The molecule has 0 atom stereocenters. The zero-order valence-electron chi connectivity index (χ0n) is 14.3. The normalized spacial score (nSPS) is 10.5. The van der Waals surface area contributed by atoms with Crippen molar-refractivity contribution >= 4 is 17.7 Å². The molecule has 3 rings (SSSR count). The van der Waals surface area contributed by atoms with Crippen LogP contribution in [0, 0.1) is 0 Å². The van der Waals surface area contributed by atoms with E-state index >= 15 is 0 Å². The summed E-state index contributed by atoms with van der Waals surface area (Å²) in [6.07, 6.45) is 0. The van der Waals surface area contributed by atoms with Crippen LogP contribution in [0.1, 0.15) is 11.4 Å². The quantitative estimate of drug-likeness (QED) is 0.656. The molecule has 8 heteroatoms. The first-order valence-corrected chi connectivity index (χ1v) is 9.22. The van der Waals surface area contributed by atoms with Gasteiger partial charge in [0.15, 0.2) is 5.82 Å². The van der Waals surface area contributed by atoms with Crippen molar-refractivity contribution in [2.45, 2.75) is 12.3 Å². The van der Waals surface area contributed by atoms with E-state index in [1.165, 1.54) is 11.8 Å². The number of para-hydroxylation sites is 2. The minimum absolute atomic E-state index is 0.0420. The molecule has 0 saturated heterocycles. The van der Waals surface area contributed by atoms with Gasteiger partial charge in [0.05, 0.1) is 24.3 Å². The summed E-state index contributed by atoms with van der Waals surface area (Å²) in [5.41, 5.74) is 1.84. The molecule has 0 unspecified atom stereocenters. The molecule has 0 bridgehead atoms. The lowest BCUT2D eigenvalue weighted by Crippen LogP contribution is -2.25. The zero-order valence-corrected chi connectivity index (χ0v) is 15.1. The van der Waals surface area contributed by atoms with Crippen LogP contribution < -0.4 is 10.1 Å². The third kappa shape index (κ3) is 4.60. The van der Waals surface area contributed by atoms with Gasteiger partial charge in [0.1, 0.15) is 5.75 Å². The summed E-state index contributed by atoms with van der Waals surface area (Å²) < 4.78 is 6.96. The van der Waals surface area contributed by atoms with E-state index in [4.69, 9.17) is 4.74 Å². The third-order valence-corrected chi connectivity index (χ3v) is 4.60. The number of benzene rings is 2. The maximum atomic E-state index is 12.1. The summed E-state index contributed by atoms with van der Waals surface area (Å²) in [5.74, 6) is 2.31. The first-order chi connectivity index (χ1) is 12.8. The molecular weight excluding hydrogens is 350 g/mol. The van der Waals surface area contributed by atoms with Crippen LogP contribution in [0.2, 0.25) is 0 Å². The van der Waals surface area contributed by atoms with Crippen molar-refractivity contribution in [2.75, 3.05) is 12.9 Å². The second-order valence-electron chi connectivity index (χ2n) is 5.42. The standard InChI is InChI=1S/C18H19N5O2S/c1-25-16-10-6-5-7-14(16)11-19-18(24)13-26-12-17-20-21-22-23(17)15-8-3-2-4-9-15/h2-10H,11-13H2,1H3,(H,19,24). The molecule has 134 valence electrons. The number of tetrazole rings is 1. The Labute approximate surface area is 155 Å². The van der Waals surface area contributed by atoms with Gasteiger partial charge >= 0.3 is 0 Å². The van der Waals surface area contributed by atoms with Gasteiger partial charge < -0.3 is 10.1 Å². The first kappa shape index (κ1) is 17.9. The van der Waals surface area contributed by atoms with Gasteiger partial charge in [-0.3, -0.25) is 4.79 Å². The molecule has 0 aliphatic carbocycles. The molecule has 2 aromatic carbocycles. The van der Waals surface area contributed by atoms with Crippen LogP contribution in [0.5, 0.6) is 5.75 Å². The Morgan fingerprint density at radius 3 is 2.73 bits per heavy atom. The summed E-state index contributed by atoms with van der Waals surface area (Å²) in [4.78, 5) is 12.1. The van der Waals surface area contributed by atoms with Crippen LogP contribution in [0.25, 0.3) is 5.69 Å². The van der Waals surface area contributed by atoms with E-state index in [0.717, 1.165) is 17.0 Å². The monoisotopic (exact) mass is 369 g/mol. The fourth-order valence-corrected chi connectivity index (χ4v) is 3.15. The molecule has 1 N–H and O–H groups in total. The zero-order chi connectivity index (χ0) is 18.2. The summed E-state index contributed by atoms with van der Waals surface area (Å²) in [6, 6.07) is 17.3. The minimum atomic E-state index is -0.0420. The molecule has 7 nitrogen and oxygen atoms in total. The van der Waals surface area contributed by atoms with Crippen molar-refractivity contribution in [3.63, 3.8) is 0 Å². The summed E-state index contributed by atoms with van der Waals surface area (Å²) >= 11 is 1.47. The van der Waals surface area contributed by atoms with Crippen LogP contribution in [0.4, 0.5) is 0 Å². The Morgan fingerprint density at radius 2 is 1.92 bits per heavy atom. The predicted molar refractivity (Wildman–Crippen MR) is 100 cm³/mol. The van der Waals surface area contributed by atoms with E-state index < -0.39 is 0 Å². The van der Waals surface area contributed by atoms with Gasteiger partial charge in [0, 0.05) is 12.1 Å². The molecule has 0 radical (unpaired) electrons. The Hall–Kier alpha value is -2.87. The molecule has 1 heterocycles. The summed E-state index contributed by atoms with van der Waals surface area (Å²) in [7, 11) is 1.62. The minimum Gasteiger partial charge on any atom is -0.496 e. The van der Waals surface area contributed by atoms with Gasteiger partial charge in [-0.1, -0.05) is 36.4 Å². The van der Waals surface area contributed by atoms with Crippen molar-refractivity contribution in [3.05, 3.63) is 66.0 Å². The van der Waals surface area contributed by atoms with Crippen LogP contribution in [-0.2, 0) is 17.1 Å². The number of thioether (sulfide) groups is 1. The molecule has 0 saturated carbocycles. The predicted octanol–water partition coefficient (Wildman–Crippen LogP) is 2.22. The second-order valence-corrected chi connectivity index (χ2v) is 6.41. The van der Waals surface area contributed by atoms with Crippen LogP contribution >= 0.6 is 11.8 Å². The molecule has 0 aliphatic rings. The van der Waals surface area contributed by atoms with Crippen LogP contribution in [0.15, 0.2) is 54.6 Å². The van der Waals surface area contributed by atoms with Gasteiger partial charge in [-0.05, 0) is 28.6 Å². The number of aromatic nitrogens is 4. The molecule has 1 aromatic heterocycles. The number of amides is 1. The van der Waals surface area contributed by atoms with Crippen LogP contribution in [-0.4, -0.2) is 39.0 Å². The van der Waals surface area contributed by atoms with E-state index in [9.17, 15) is 4.79 Å². The number of ether oxygens (including phenoxy) is 1. The highest BCUT2D eigenvalue weighted by atomic mass is 32.2. The van der Waals surface area contributed by atoms with E-state index in [-0.39, 0.29) is 5.91 Å². The fourth-order valence-electron chi connectivity index (χ4n) is 2.39. The lowest BCUT2D eigenvalue weighted by molar-refractivity contribution is -0.118. The summed E-state index contributed by atoms with van der Waals surface area (Å²) in [6.45, 7) is 0.436. The molecule has 0 spiro atoms. The number of carbonyl (C=O) groups is 1. The lowest BCUT2D eigenvalue weighted by atomic mass is 10.2. The van der Waals surface area contributed by atoms with Crippen molar-refractivity contribution in [3.8, 4) is 11.4 Å².